The van der Waals surface area contributed by atoms with Crippen molar-refractivity contribution in [3.05, 3.63) is 35.2 Å². The smallest absolute Gasteiger partial charge is 0.357 e. The van der Waals surface area contributed by atoms with Crippen LogP contribution in [0.5, 0.6) is 0 Å². The molecule has 0 aromatic carbocycles. The molecule has 2 aromatic rings. The third kappa shape index (κ3) is 4.88. The van der Waals surface area contributed by atoms with Crippen LogP contribution < -0.4 is 0 Å². The van der Waals surface area contributed by atoms with Crippen molar-refractivity contribution >= 4 is 23.4 Å². The number of aromatic carboxylic acids is 2. The summed E-state index contributed by atoms with van der Waals surface area (Å²) in [6.45, 7) is 9.59. The molecule has 0 radical (unpaired) electrons. The lowest BCUT2D eigenvalue weighted by molar-refractivity contribution is 0.0649. The molecule has 0 unspecified atom stereocenters. The zero-order chi connectivity index (χ0) is 21.0. The Kier molecular flexibility index (Phi) is 6.77. The van der Waals surface area contributed by atoms with Crippen LogP contribution >= 0.6 is 0 Å². The van der Waals surface area contributed by atoms with Gasteiger partial charge in [-0.25, -0.2) is 14.1 Å². The fraction of sp³-hybridized carbons (Fsp3) is 0.500. The third-order valence-electron chi connectivity index (χ3n) is 4.54. The Hall–Kier alpha value is -2.90. The number of amides is 1. The van der Waals surface area contributed by atoms with E-state index in [1.807, 2.05) is 0 Å². The summed E-state index contributed by atoms with van der Waals surface area (Å²) in [5.74, 6) is -2.12. The molecular weight excluding hydrogens is 362 g/mol. The number of nitrogens with zero attached hydrogens (tertiary/aromatic N) is 3. The lowest BCUT2D eigenvalue weighted by atomic mass is 10.1. The topological polar surface area (TPSA) is 112 Å². The monoisotopic (exact) mass is 389 g/mol. The van der Waals surface area contributed by atoms with E-state index >= 15 is 0 Å². The van der Waals surface area contributed by atoms with Crippen molar-refractivity contribution in [2.45, 2.75) is 40.5 Å². The van der Waals surface area contributed by atoms with Gasteiger partial charge in [-0.3, -0.25) is 4.79 Å². The maximum absolute atomic E-state index is 13.1. The van der Waals surface area contributed by atoms with Crippen molar-refractivity contribution < 1.29 is 24.6 Å². The van der Waals surface area contributed by atoms with E-state index in [-0.39, 0.29) is 11.4 Å². The quantitative estimate of drug-likeness (QED) is 0.681. The van der Waals surface area contributed by atoms with Crippen LogP contribution in [0.2, 0.25) is 0 Å². The summed E-state index contributed by atoms with van der Waals surface area (Å²) >= 11 is 0. The van der Waals surface area contributed by atoms with Crippen molar-refractivity contribution in [2.75, 3.05) is 13.1 Å². The van der Waals surface area contributed by atoms with Crippen LogP contribution in [0.1, 0.15) is 71.7 Å². The summed E-state index contributed by atoms with van der Waals surface area (Å²) in [4.78, 5) is 37.7. The number of carbonyl (C=O) groups is 3. The predicted octanol–water partition coefficient (Wildman–Crippen LogP) is 3.27. The molecule has 0 bridgehead atoms. The van der Waals surface area contributed by atoms with Gasteiger partial charge in [-0.1, -0.05) is 27.7 Å². The van der Waals surface area contributed by atoms with Crippen molar-refractivity contribution in [3.8, 4) is 0 Å². The molecule has 2 N–H and O–H groups in total. The number of fused-ring (bicyclic) bond motifs is 1. The van der Waals surface area contributed by atoms with Gasteiger partial charge in [0.15, 0.2) is 5.69 Å². The summed E-state index contributed by atoms with van der Waals surface area (Å²) in [5, 5.41) is 22.4. The first-order valence-corrected chi connectivity index (χ1v) is 9.40. The highest BCUT2D eigenvalue weighted by atomic mass is 16.4. The van der Waals surface area contributed by atoms with Crippen LogP contribution in [0.4, 0.5) is 0 Å². The summed E-state index contributed by atoms with van der Waals surface area (Å²) in [6.07, 6.45) is 3.15. The minimum Gasteiger partial charge on any atom is -0.478 e. The van der Waals surface area contributed by atoms with Gasteiger partial charge in [-0.05, 0) is 36.8 Å². The van der Waals surface area contributed by atoms with E-state index in [9.17, 15) is 24.6 Å². The van der Waals surface area contributed by atoms with Crippen LogP contribution in [-0.2, 0) is 0 Å². The maximum Gasteiger partial charge on any atom is 0.357 e. The van der Waals surface area contributed by atoms with E-state index < -0.39 is 23.2 Å². The van der Waals surface area contributed by atoms with Crippen LogP contribution in [0.25, 0.3) is 5.52 Å². The number of carboxylic acids is 2. The van der Waals surface area contributed by atoms with E-state index in [1.54, 1.807) is 4.90 Å². The summed E-state index contributed by atoms with van der Waals surface area (Å²) in [5.41, 5.74) is -0.561. The average molecular weight is 389 g/mol. The summed E-state index contributed by atoms with van der Waals surface area (Å²) in [7, 11) is 0. The number of hydrogen-bond acceptors (Lipinski definition) is 4. The van der Waals surface area contributed by atoms with E-state index in [0.29, 0.717) is 30.5 Å². The first-order valence-electron chi connectivity index (χ1n) is 9.40. The van der Waals surface area contributed by atoms with Gasteiger partial charge < -0.3 is 15.1 Å². The van der Waals surface area contributed by atoms with E-state index in [1.165, 1.54) is 22.8 Å². The number of pyridine rings is 1. The number of hydrogen-bond donors (Lipinski definition) is 2. The molecule has 8 nitrogen and oxygen atoms in total. The van der Waals surface area contributed by atoms with Gasteiger partial charge in [0.2, 0.25) is 0 Å². The molecule has 0 fully saturated rings. The zero-order valence-corrected chi connectivity index (χ0v) is 16.7. The summed E-state index contributed by atoms with van der Waals surface area (Å²) < 4.78 is 1.18. The van der Waals surface area contributed by atoms with Gasteiger partial charge in [-0.2, -0.15) is 5.10 Å². The summed E-state index contributed by atoms with van der Waals surface area (Å²) in [6, 6.07) is 2.94. The lowest BCUT2D eigenvalue weighted by Gasteiger charge is -2.24. The van der Waals surface area contributed by atoms with Crippen molar-refractivity contribution in [3.63, 3.8) is 0 Å². The molecule has 1 amide bonds. The molecule has 8 heteroatoms. The largest absolute Gasteiger partial charge is 0.478 e. The van der Waals surface area contributed by atoms with Gasteiger partial charge in [0.05, 0.1) is 5.52 Å². The Morgan fingerprint density at radius 1 is 1.04 bits per heavy atom. The Bertz CT molecular complexity index is 873. The number of rotatable bonds is 9. The van der Waals surface area contributed by atoms with Crippen LogP contribution in [0.15, 0.2) is 18.3 Å². The van der Waals surface area contributed by atoms with Crippen molar-refractivity contribution in [1.82, 2.24) is 14.5 Å². The minimum atomic E-state index is -1.43. The molecule has 2 rings (SSSR count). The minimum absolute atomic E-state index is 0.0865. The number of aromatic nitrogens is 2. The Balaban J connectivity index is 2.42. The molecule has 0 saturated carbocycles. The van der Waals surface area contributed by atoms with Crippen LogP contribution in [0.3, 0.4) is 0 Å². The molecule has 0 aliphatic heterocycles. The molecule has 28 heavy (non-hydrogen) atoms. The van der Waals surface area contributed by atoms with Crippen molar-refractivity contribution in [1.29, 1.82) is 0 Å². The molecule has 2 heterocycles. The highest BCUT2D eigenvalue weighted by molar-refractivity contribution is 6.06. The van der Waals surface area contributed by atoms with Gasteiger partial charge in [0.25, 0.3) is 5.91 Å². The van der Waals surface area contributed by atoms with Crippen LogP contribution in [-0.4, -0.2) is 55.7 Å². The molecule has 2 aromatic heterocycles. The van der Waals surface area contributed by atoms with E-state index in [2.05, 4.69) is 32.8 Å². The molecule has 0 spiro atoms. The first-order chi connectivity index (χ1) is 13.1. The predicted molar refractivity (Wildman–Crippen MR) is 104 cm³/mol. The molecular formula is C20H27N3O5. The Labute approximate surface area is 163 Å². The second-order valence-corrected chi connectivity index (χ2v) is 7.74. The Morgan fingerprint density at radius 3 is 2.07 bits per heavy atom. The Morgan fingerprint density at radius 2 is 1.61 bits per heavy atom. The molecule has 152 valence electrons. The first kappa shape index (κ1) is 21.4. The highest BCUT2D eigenvalue weighted by Gasteiger charge is 2.25. The number of carboxylic acid groups (broad SMARTS) is 2. The SMILES string of the molecule is CC(C)CCN(CCC(C)C)C(=O)c1ccn2nc(C(=O)O)c(C(=O)O)c2c1. The highest BCUT2D eigenvalue weighted by Crippen LogP contribution is 2.19. The fourth-order valence-electron chi connectivity index (χ4n) is 2.86. The van der Waals surface area contributed by atoms with Crippen molar-refractivity contribution in [2.24, 2.45) is 11.8 Å². The average Bonchev–Trinajstić information content (AvgIpc) is 3.00. The second kappa shape index (κ2) is 8.86. The normalized spacial score (nSPS) is 11.4. The third-order valence-corrected chi connectivity index (χ3v) is 4.54. The van der Waals surface area contributed by atoms with Gasteiger partial charge in [0.1, 0.15) is 5.56 Å². The zero-order valence-electron chi connectivity index (χ0n) is 16.7. The number of carbonyl (C=O) groups excluding carboxylic acids is 1. The standard InChI is InChI=1S/C20H27N3O5/c1-12(2)5-8-22(9-6-13(3)4)18(24)14-7-10-23-15(11-14)16(19(25)26)17(21-23)20(27)28/h7,10-13H,5-6,8-9H2,1-4H3,(H,25,26)(H,27,28). The molecule has 0 aliphatic rings. The van der Waals surface area contributed by atoms with E-state index in [4.69, 9.17) is 0 Å². The molecule has 0 aliphatic carbocycles. The van der Waals surface area contributed by atoms with Gasteiger partial charge >= 0.3 is 11.9 Å². The van der Waals surface area contributed by atoms with Gasteiger partial charge in [-0.15, -0.1) is 0 Å². The van der Waals surface area contributed by atoms with E-state index in [0.717, 1.165) is 12.8 Å². The van der Waals surface area contributed by atoms with Crippen LogP contribution in [0, 0.1) is 11.8 Å². The fourth-order valence-corrected chi connectivity index (χ4v) is 2.86. The molecule has 0 saturated heterocycles. The van der Waals surface area contributed by atoms with Gasteiger partial charge in [0, 0.05) is 24.8 Å². The lowest BCUT2D eigenvalue weighted by Crippen LogP contribution is -2.34. The second-order valence-electron chi connectivity index (χ2n) is 7.74. The molecule has 0 atom stereocenters. The maximum atomic E-state index is 13.1.